The lowest BCUT2D eigenvalue weighted by atomic mass is 10.2. The van der Waals surface area contributed by atoms with Gasteiger partial charge in [0.25, 0.3) is 5.91 Å². The number of hydrogen-bond donors (Lipinski definition) is 1. The van der Waals surface area contributed by atoms with Crippen molar-refractivity contribution in [2.24, 2.45) is 5.73 Å². The summed E-state index contributed by atoms with van der Waals surface area (Å²) in [4.78, 5) is 18.1. The summed E-state index contributed by atoms with van der Waals surface area (Å²) in [7, 11) is 1.54. The van der Waals surface area contributed by atoms with Crippen molar-refractivity contribution in [1.29, 1.82) is 0 Å². The van der Waals surface area contributed by atoms with Gasteiger partial charge in [-0.2, -0.15) is 0 Å². The van der Waals surface area contributed by atoms with Crippen LogP contribution in [-0.4, -0.2) is 42.0 Å². The van der Waals surface area contributed by atoms with Crippen LogP contribution < -0.4 is 10.5 Å². The van der Waals surface area contributed by atoms with Gasteiger partial charge in [-0.15, -0.1) is 0 Å². The lowest BCUT2D eigenvalue weighted by Gasteiger charge is -2.22. The Morgan fingerprint density at radius 2 is 2.41 bits per heavy atom. The Labute approximate surface area is 101 Å². The minimum atomic E-state index is -0.0165. The predicted molar refractivity (Wildman–Crippen MR) is 63.9 cm³/mol. The van der Waals surface area contributed by atoms with Gasteiger partial charge in [-0.25, -0.2) is 0 Å². The molecule has 0 unspecified atom stereocenters. The summed E-state index contributed by atoms with van der Waals surface area (Å²) in [5, 5.41) is 0. The molecule has 1 heterocycles. The van der Waals surface area contributed by atoms with Gasteiger partial charge >= 0.3 is 0 Å². The number of aromatic nitrogens is 1. The van der Waals surface area contributed by atoms with E-state index >= 15 is 0 Å². The molecule has 0 aliphatic heterocycles. The van der Waals surface area contributed by atoms with Crippen LogP contribution in [0.15, 0.2) is 18.5 Å². The largest absolute Gasteiger partial charge is 0.494 e. The zero-order chi connectivity index (χ0) is 12.3. The molecule has 1 saturated carbocycles. The van der Waals surface area contributed by atoms with Crippen LogP contribution in [0.2, 0.25) is 0 Å². The lowest BCUT2D eigenvalue weighted by molar-refractivity contribution is 0.0744. The van der Waals surface area contributed by atoms with Crippen LogP contribution in [0, 0.1) is 0 Å². The molecule has 5 nitrogen and oxygen atoms in total. The molecule has 2 N–H and O–H groups in total. The molecule has 1 aromatic rings. The third-order valence-electron chi connectivity index (χ3n) is 2.85. The molecule has 0 aromatic carbocycles. The number of ether oxygens (including phenoxy) is 1. The highest BCUT2D eigenvalue weighted by Gasteiger charge is 2.33. The van der Waals surface area contributed by atoms with Crippen molar-refractivity contribution in [3.63, 3.8) is 0 Å². The number of rotatable bonds is 5. The van der Waals surface area contributed by atoms with Gasteiger partial charge in [0, 0.05) is 25.3 Å². The first-order valence-electron chi connectivity index (χ1n) is 5.77. The van der Waals surface area contributed by atoms with E-state index in [-0.39, 0.29) is 5.91 Å². The summed E-state index contributed by atoms with van der Waals surface area (Å²) < 4.78 is 5.15. The first-order valence-corrected chi connectivity index (χ1v) is 5.77. The molecule has 1 amide bonds. The van der Waals surface area contributed by atoms with Gasteiger partial charge < -0.3 is 15.4 Å². The maximum atomic E-state index is 12.4. The van der Waals surface area contributed by atoms with E-state index in [4.69, 9.17) is 10.5 Å². The minimum absolute atomic E-state index is 0.0165. The second-order valence-corrected chi connectivity index (χ2v) is 4.09. The summed E-state index contributed by atoms with van der Waals surface area (Å²) in [5.74, 6) is 0.498. The van der Waals surface area contributed by atoms with E-state index in [1.807, 2.05) is 4.90 Å². The van der Waals surface area contributed by atoms with Crippen LogP contribution in [0.25, 0.3) is 0 Å². The van der Waals surface area contributed by atoms with Crippen LogP contribution in [0.5, 0.6) is 5.75 Å². The van der Waals surface area contributed by atoms with E-state index < -0.39 is 0 Å². The average Bonchev–Trinajstić information content (AvgIpc) is 3.19. The molecule has 0 atom stereocenters. The maximum Gasteiger partial charge on any atom is 0.258 e. The topological polar surface area (TPSA) is 68.5 Å². The van der Waals surface area contributed by atoms with Crippen molar-refractivity contribution in [1.82, 2.24) is 9.88 Å². The number of amides is 1. The zero-order valence-corrected chi connectivity index (χ0v) is 9.93. The molecule has 0 bridgehead atoms. The Kier molecular flexibility index (Phi) is 3.58. The second kappa shape index (κ2) is 5.14. The van der Waals surface area contributed by atoms with Crippen molar-refractivity contribution in [2.45, 2.75) is 18.9 Å². The number of hydrogen-bond acceptors (Lipinski definition) is 4. The molecule has 1 aromatic heterocycles. The smallest absolute Gasteiger partial charge is 0.258 e. The van der Waals surface area contributed by atoms with Crippen molar-refractivity contribution in [2.75, 3.05) is 20.2 Å². The molecule has 5 heteroatoms. The average molecular weight is 235 g/mol. The number of nitrogens with two attached hydrogens (primary N) is 1. The van der Waals surface area contributed by atoms with Crippen molar-refractivity contribution in [3.8, 4) is 5.75 Å². The monoisotopic (exact) mass is 235 g/mol. The molecule has 0 saturated heterocycles. The van der Waals surface area contributed by atoms with Gasteiger partial charge in [-0.1, -0.05) is 0 Å². The summed E-state index contributed by atoms with van der Waals surface area (Å²) in [6.45, 7) is 1.07. The Morgan fingerprint density at radius 3 is 3.00 bits per heavy atom. The van der Waals surface area contributed by atoms with Crippen LogP contribution in [0.1, 0.15) is 23.2 Å². The number of nitrogens with zero attached hydrogens (tertiary/aromatic N) is 2. The van der Waals surface area contributed by atoms with Gasteiger partial charge in [-0.3, -0.25) is 9.78 Å². The van der Waals surface area contributed by atoms with Crippen molar-refractivity contribution >= 4 is 5.91 Å². The van der Waals surface area contributed by atoms with Crippen LogP contribution in [-0.2, 0) is 0 Å². The number of carbonyl (C=O) groups excluding carboxylic acids is 1. The van der Waals surface area contributed by atoms with Crippen molar-refractivity contribution < 1.29 is 9.53 Å². The normalized spacial score (nSPS) is 14.5. The Morgan fingerprint density at radius 1 is 1.65 bits per heavy atom. The van der Waals surface area contributed by atoms with Crippen molar-refractivity contribution in [3.05, 3.63) is 24.0 Å². The molecular formula is C12H17N3O2. The molecule has 0 spiro atoms. The van der Waals surface area contributed by atoms with E-state index in [1.54, 1.807) is 18.5 Å². The van der Waals surface area contributed by atoms with Crippen LogP contribution in [0.4, 0.5) is 0 Å². The van der Waals surface area contributed by atoms with Gasteiger partial charge in [0.2, 0.25) is 0 Å². The highest BCUT2D eigenvalue weighted by atomic mass is 16.5. The van der Waals surface area contributed by atoms with E-state index in [2.05, 4.69) is 4.98 Å². The molecule has 0 radical (unpaired) electrons. The summed E-state index contributed by atoms with van der Waals surface area (Å²) in [6, 6.07) is 2.04. The quantitative estimate of drug-likeness (QED) is 0.813. The van der Waals surface area contributed by atoms with Crippen LogP contribution in [0.3, 0.4) is 0 Å². The molecular weight excluding hydrogens is 218 g/mol. The third-order valence-corrected chi connectivity index (χ3v) is 2.85. The fourth-order valence-corrected chi connectivity index (χ4v) is 1.85. The molecule has 1 aliphatic rings. The van der Waals surface area contributed by atoms with Gasteiger partial charge in [0.05, 0.1) is 18.9 Å². The zero-order valence-electron chi connectivity index (χ0n) is 9.93. The standard InChI is InChI=1S/C12H17N3O2/c1-17-11-8-14-6-4-10(11)12(16)15(7-5-13)9-2-3-9/h4,6,8-9H,2-3,5,7,13H2,1H3. The second-order valence-electron chi connectivity index (χ2n) is 4.09. The molecule has 1 fully saturated rings. The highest BCUT2D eigenvalue weighted by molar-refractivity contribution is 5.97. The summed E-state index contributed by atoms with van der Waals surface area (Å²) in [5.41, 5.74) is 6.10. The summed E-state index contributed by atoms with van der Waals surface area (Å²) >= 11 is 0. The first kappa shape index (κ1) is 11.9. The predicted octanol–water partition coefficient (Wildman–Crippen LogP) is 0.654. The SMILES string of the molecule is COc1cnccc1C(=O)N(CCN)C1CC1. The minimum Gasteiger partial charge on any atom is -0.494 e. The summed E-state index contributed by atoms with van der Waals surface area (Å²) in [6.07, 6.45) is 5.29. The number of pyridine rings is 1. The number of methoxy groups -OCH3 is 1. The fourth-order valence-electron chi connectivity index (χ4n) is 1.85. The third kappa shape index (κ3) is 2.55. The fraction of sp³-hybridized carbons (Fsp3) is 0.500. The van der Waals surface area contributed by atoms with E-state index in [0.29, 0.717) is 30.4 Å². The molecule has 17 heavy (non-hydrogen) atoms. The van der Waals surface area contributed by atoms with Gasteiger partial charge in [-0.05, 0) is 18.9 Å². The number of carbonyl (C=O) groups is 1. The molecule has 92 valence electrons. The highest BCUT2D eigenvalue weighted by Crippen LogP contribution is 2.29. The van der Waals surface area contributed by atoms with E-state index in [1.165, 1.54) is 7.11 Å². The Balaban J connectivity index is 2.21. The lowest BCUT2D eigenvalue weighted by Crippen LogP contribution is -2.37. The first-order chi connectivity index (χ1) is 8.27. The van der Waals surface area contributed by atoms with Crippen LogP contribution >= 0.6 is 0 Å². The molecule has 2 rings (SSSR count). The van der Waals surface area contributed by atoms with Gasteiger partial charge in [0.15, 0.2) is 0 Å². The maximum absolute atomic E-state index is 12.4. The molecule has 1 aliphatic carbocycles. The Hall–Kier alpha value is -1.62. The Bertz CT molecular complexity index is 404. The van der Waals surface area contributed by atoms with E-state index in [9.17, 15) is 4.79 Å². The van der Waals surface area contributed by atoms with Gasteiger partial charge in [0.1, 0.15) is 5.75 Å². The van der Waals surface area contributed by atoms with E-state index in [0.717, 1.165) is 12.8 Å².